The Bertz CT molecular complexity index is 253. The van der Waals surface area contributed by atoms with Gasteiger partial charge in [-0.2, -0.15) is 12.6 Å². The summed E-state index contributed by atoms with van der Waals surface area (Å²) in [5.74, 6) is 1.35. The molecule has 1 heteroatoms. The zero-order valence-electron chi connectivity index (χ0n) is 8.54. The molecular formula is C12H17S. The number of thiol groups is 1. The van der Waals surface area contributed by atoms with Crippen LogP contribution in [0.3, 0.4) is 0 Å². The van der Waals surface area contributed by atoms with Crippen molar-refractivity contribution in [2.75, 3.05) is 0 Å². The van der Waals surface area contributed by atoms with E-state index in [1.807, 2.05) is 6.07 Å². The Labute approximate surface area is 86.8 Å². The van der Waals surface area contributed by atoms with Crippen molar-refractivity contribution in [2.24, 2.45) is 0 Å². The summed E-state index contributed by atoms with van der Waals surface area (Å²) in [4.78, 5) is 0. The van der Waals surface area contributed by atoms with E-state index >= 15 is 0 Å². The van der Waals surface area contributed by atoms with Crippen LogP contribution in [-0.4, -0.2) is 0 Å². The SMILES string of the molecule is CCC(S)([C](C)C)c1ccccc1. The van der Waals surface area contributed by atoms with Crippen LogP contribution in [0.15, 0.2) is 30.3 Å². The minimum atomic E-state index is -0.0543. The number of benzene rings is 1. The average molecular weight is 193 g/mol. The van der Waals surface area contributed by atoms with Crippen molar-refractivity contribution < 1.29 is 0 Å². The summed E-state index contributed by atoms with van der Waals surface area (Å²) in [6.07, 6.45) is 1.03. The fraction of sp³-hybridized carbons (Fsp3) is 0.417. The van der Waals surface area contributed by atoms with Crippen molar-refractivity contribution >= 4 is 12.6 Å². The summed E-state index contributed by atoms with van der Waals surface area (Å²) >= 11 is 4.77. The van der Waals surface area contributed by atoms with E-state index < -0.39 is 0 Å². The minimum Gasteiger partial charge on any atom is -0.167 e. The van der Waals surface area contributed by atoms with Gasteiger partial charge in [0, 0.05) is 4.75 Å². The van der Waals surface area contributed by atoms with Crippen LogP contribution in [0.1, 0.15) is 32.8 Å². The fourth-order valence-electron chi connectivity index (χ4n) is 1.56. The Kier molecular flexibility index (Phi) is 3.43. The van der Waals surface area contributed by atoms with Gasteiger partial charge in [0.2, 0.25) is 0 Å². The lowest BCUT2D eigenvalue weighted by molar-refractivity contribution is 0.623. The molecule has 0 saturated heterocycles. The van der Waals surface area contributed by atoms with Crippen molar-refractivity contribution in [3.63, 3.8) is 0 Å². The summed E-state index contributed by atoms with van der Waals surface area (Å²) in [6.45, 7) is 6.46. The lowest BCUT2D eigenvalue weighted by Gasteiger charge is -2.31. The van der Waals surface area contributed by atoms with Crippen LogP contribution in [0, 0.1) is 5.92 Å². The molecule has 0 aliphatic heterocycles. The van der Waals surface area contributed by atoms with E-state index in [-0.39, 0.29) is 4.75 Å². The van der Waals surface area contributed by atoms with Gasteiger partial charge in [-0.25, -0.2) is 0 Å². The first-order chi connectivity index (χ1) is 6.11. The molecule has 0 N–H and O–H groups in total. The summed E-state index contributed by atoms with van der Waals surface area (Å²) in [6, 6.07) is 10.5. The fourth-order valence-corrected chi connectivity index (χ4v) is 1.71. The van der Waals surface area contributed by atoms with Gasteiger partial charge in [0.1, 0.15) is 0 Å². The van der Waals surface area contributed by atoms with E-state index in [9.17, 15) is 0 Å². The van der Waals surface area contributed by atoms with Crippen LogP contribution in [0.4, 0.5) is 0 Å². The molecule has 0 amide bonds. The molecule has 1 aromatic carbocycles. The van der Waals surface area contributed by atoms with Crippen LogP contribution < -0.4 is 0 Å². The quantitative estimate of drug-likeness (QED) is 0.693. The van der Waals surface area contributed by atoms with Crippen LogP contribution in [0.5, 0.6) is 0 Å². The molecule has 71 valence electrons. The maximum atomic E-state index is 4.77. The van der Waals surface area contributed by atoms with Crippen LogP contribution in [0.2, 0.25) is 0 Å². The number of rotatable bonds is 3. The second-order valence-corrected chi connectivity index (χ2v) is 4.34. The van der Waals surface area contributed by atoms with E-state index in [0.29, 0.717) is 0 Å². The minimum absolute atomic E-state index is 0.0543. The molecule has 13 heavy (non-hydrogen) atoms. The largest absolute Gasteiger partial charge is 0.167 e. The molecule has 0 bridgehead atoms. The summed E-state index contributed by atoms with van der Waals surface area (Å²) in [7, 11) is 0. The van der Waals surface area contributed by atoms with Crippen molar-refractivity contribution in [1.29, 1.82) is 0 Å². The maximum absolute atomic E-state index is 4.77. The lowest BCUT2D eigenvalue weighted by atomic mass is 9.85. The zero-order valence-corrected chi connectivity index (χ0v) is 9.44. The Hall–Kier alpha value is -0.430. The smallest absolute Gasteiger partial charge is 0.0432 e. The van der Waals surface area contributed by atoms with Gasteiger partial charge in [0.25, 0.3) is 0 Å². The molecule has 0 nitrogen and oxygen atoms in total. The monoisotopic (exact) mass is 193 g/mol. The molecule has 0 saturated carbocycles. The molecule has 0 aliphatic rings. The van der Waals surface area contributed by atoms with E-state index in [1.54, 1.807) is 0 Å². The highest BCUT2D eigenvalue weighted by molar-refractivity contribution is 7.81. The van der Waals surface area contributed by atoms with E-state index in [2.05, 4.69) is 45.0 Å². The molecular weight excluding hydrogens is 176 g/mol. The van der Waals surface area contributed by atoms with Gasteiger partial charge in [-0.05, 0) is 17.9 Å². The maximum Gasteiger partial charge on any atom is 0.0432 e. The van der Waals surface area contributed by atoms with Crippen LogP contribution in [-0.2, 0) is 4.75 Å². The van der Waals surface area contributed by atoms with Gasteiger partial charge >= 0.3 is 0 Å². The molecule has 1 radical (unpaired) electrons. The average Bonchev–Trinajstić information content (AvgIpc) is 2.17. The van der Waals surface area contributed by atoms with Gasteiger partial charge < -0.3 is 0 Å². The van der Waals surface area contributed by atoms with Crippen molar-refractivity contribution in [3.8, 4) is 0 Å². The van der Waals surface area contributed by atoms with Crippen LogP contribution in [0.25, 0.3) is 0 Å². The van der Waals surface area contributed by atoms with Gasteiger partial charge in [0.05, 0.1) is 0 Å². The Morgan fingerprint density at radius 3 is 2.15 bits per heavy atom. The van der Waals surface area contributed by atoms with Gasteiger partial charge in [-0.15, -0.1) is 0 Å². The Morgan fingerprint density at radius 2 is 1.77 bits per heavy atom. The normalized spacial score (nSPS) is 15.8. The third kappa shape index (κ3) is 2.08. The topological polar surface area (TPSA) is 0 Å². The molecule has 1 atom stereocenters. The third-order valence-electron chi connectivity index (χ3n) is 2.59. The second kappa shape index (κ2) is 4.19. The lowest BCUT2D eigenvalue weighted by Crippen LogP contribution is -2.23. The molecule has 0 heterocycles. The number of hydrogen-bond acceptors (Lipinski definition) is 1. The Balaban J connectivity index is 3.03. The van der Waals surface area contributed by atoms with Crippen molar-refractivity contribution in [3.05, 3.63) is 41.8 Å². The highest BCUT2D eigenvalue weighted by atomic mass is 32.1. The zero-order chi connectivity index (χ0) is 9.90. The number of hydrogen-bond donors (Lipinski definition) is 1. The van der Waals surface area contributed by atoms with Crippen molar-refractivity contribution in [2.45, 2.75) is 31.9 Å². The molecule has 0 spiro atoms. The van der Waals surface area contributed by atoms with E-state index in [0.717, 1.165) is 6.42 Å². The molecule has 1 rings (SSSR count). The molecule has 0 aromatic heterocycles. The summed E-state index contributed by atoms with van der Waals surface area (Å²) < 4.78 is -0.0543. The molecule has 0 fully saturated rings. The first kappa shape index (κ1) is 10.6. The highest BCUT2D eigenvalue weighted by Gasteiger charge is 2.29. The predicted octanol–water partition coefficient (Wildman–Crippen LogP) is 3.84. The summed E-state index contributed by atoms with van der Waals surface area (Å²) in [5.41, 5.74) is 1.29. The second-order valence-electron chi connectivity index (χ2n) is 3.58. The standard InChI is InChI=1S/C12H17S/c1-4-12(13,10(2)3)11-8-6-5-7-9-11/h5-9,13H,4H2,1-3H3. The Morgan fingerprint density at radius 1 is 1.23 bits per heavy atom. The molecule has 1 unspecified atom stereocenters. The van der Waals surface area contributed by atoms with E-state index in [1.165, 1.54) is 11.5 Å². The van der Waals surface area contributed by atoms with Gasteiger partial charge in [-0.3, -0.25) is 0 Å². The molecule has 0 aliphatic carbocycles. The van der Waals surface area contributed by atoms with Crippen LogP contribution >= 0.6 is 12.6 Å². The first-order valence-electron chi connectivity index (χ1n) is 4.69. The van der Waals surface area contributed by atoms with Gasteiger partial charge in [0.15, 0.2) is 0 Å². The predicted molar refractivity (Wildman–Crippen MR) is 62.0 cm³/mol. The molecule has 1 aromatic rings. The highest BCUT2D eigenvalue weighted by Crippen LogP contribution is 2.40. The summed E-state index contributed by atoms with van der Waals surface area (Å²) in [5, 5.41) is 0. The van der Waals surface area contributed by atoms with E-state index in [4.69, 9.17) is 12.6 Å². The van der Waals surface area contributed by atoms with Gasteiger partial charge in [-0.1, -0.05) is 51.1 Å². The first-order valence-corrected chi connectivity index (χ1v) is 5.14. The third-order valence-corrected chi connectivity index (χ3v) is 3.61. The van der Waals surface area contributed by atoms with Crippen molar-refractivity contribution in [1.82, 2.24) is 0 Å².